The molecule has 6 nitrogen and oxygen atoms in total. The molecular formula is C23H25F3N2O4. The van der Waals surface area contributed by atoms with Crippen molar-refractivity contribution in [2.45, 2.75) is 38.8 Å². The Balaban J connectivity index is 1.62. The standard InChI is InChI=1S/C23H25F3N2O4/c1-3-5-17-19(11-10-18-21(17)32-27-22(18)23(24,25)26)31-13-4-12-28(2)16-8-6-15(7-9-16)14-20(29)30/h6-11H,3-5,12-14H2,1-2H3,(H,29,30). The first-order valence-corrected chi connectivity index (χ1v) is 10.3. The normalized spacial score (nSPS) is 11.7. The molecule has 0 aliphatic rings. The predicted molar refractivity (Wildman–Crippen MR) is 114 cm³/mol. The summed E-state index contributed by atoms with van der Waals surface area (Å²) in [6.45, 7) is 2.99. The Morgan fingerprint density at radius 2 is 1.91 bits per heavy atom. The predicted octanol–water partition coefficient (Wildman–Crippen LogP) is 5.33. The molecule has 0 atom stereocenters. The number of anilines is 1. The molecule has 2 aromatic carbocycles. The van der Waals surface area contributed by atoms with Crippen LogP contribution in [0.4, 0.5) is 18.9 Å². The van der Waals surface area contributed by atoms with Crippen molar-refractivity contribution in [3.63, 3.8) is 0 Å². The molecule has 0 bridgehead atoms. The monoisotopic (exact) mass is 450 g/mol. The fourth-order valence-corrected chi connectivity index (χ4v) is 3.52. The lowest BCUT2D eigenvalue weighted by Gasteiger charge is -2.20. The summed E-state index contributed by atoms with van der Waals surface area (Å²) in [4.78, 5) is 12.8. The number of ether oxygens (including phenoxy) is 1. The highest BCUT2D eigenvalue weighted by molar-refractivity contribution is 5.85. The second-order valence-corrected chi connectivity index (χ2v) is 7.56. The van der Waals surface area contributed by atoms with Crippen molar-refractivity contribution >= 4 is 22.6 Å². The summed E-state index contributed by atoms with van der Waals surface area (Å²) in [5.74, 6) is -0.367. The number of nitrogens with zero attached hydrogens (tertiary/aromatic N) is 2. The van der Waals surface area contributed by atoms with E-state index in [0.717, 1.165) is 17.7 Å². The fourth-order valence-electron chi connectivity index (χ4n) is 3.52. The van der Waals surface area contributed by atoms with Crippen LogP contribution in [0.1, 0.15) is 36.6 Å². The van der Waals surface area contributed by atoms with Crippen LogP contribution in [-0.2, 0) is 23.8 Å². The first kappa shape index (κ1) is 23.4. The van der Waals surface area contributed by atoms with Gasteiger partial charge >= 0.3 is 12.1 Å². The molecule has 0 aliphatic heterocycles. The lowest BCUT2D eigenvalue weighted by atomic mass is 10.0. The van der Waals surface area contributed by atoms with Crippen LogP contribution in [0.5, 0.6) is 5.75 Å². The highest BCUT2D eigenvalue weighted by Gasteiger charge is 2.37. The summed E-state index contributed by atoms with van der Waals surface area (Å²) in [5.41, 5.74) is 1.38. The number of hydrogen-bond donors (Lipinski definition) is 1. The van der Waals surface area contributed by atoms with Crippen molar-refractivity contribution in [3.8, 4) is 5.75 Å². The third kappa shape index (κ3) is 5.52. The summed E-state index contributed by atoms with van der Waals surface area (Å²) >= 11 is 0. The van der Waals surface area contributed by atoms with Gasteiger partial charge in [-0.05, 0) is 42.7 Å². The molecule has 172 valence electrons. The Kier molecular flexibility index (Phi) is 7.27. The number of aromatic nitrogens is 1. The molecule has 0 radical (unpaired) electrons. The molecule has 32 heavy (non-hydrogen) atoms. The third-order valence-electron chi connectivity index (χ3n) is 5.10. The van der Waals surface area contributed by atoms with Crippen molar-refractivity contribution in [3.05, 3.63) is 53.2 Å². The molecule has 1 heterocycles. The van der Waals surface area contributed by atoms with E-state index in [1.807, 2.05) is 31.0 Å². The minimum absolute atomic E-state index is 0.0159. The summed E-state index contributed by atoms with van der Waals surface area (Å²) < 4.78 is 50.3. The number of carboxylic acids is 1. The molecule has 0 saturated carbocycles. The van der Waals surface area contributed by atoms with Crippen LogP contribution in [0.15, 0.2) is 40.9 Å². The highest BCUT2D eigenvalue weighted by atomic mass is 19.4. The molecule has 0 saturated heterocycles. The quantitative estimate of drug-likeness (QED) is 0.421. The largest absolute Gasteiger partial charge is 0.493 e. The zero-order chi connectivity index (χ0) is 23.3. The number of alkyl halides is 3. The van der Waals surface area contributed by atoms with Gasteiger partial charge in [0, 0.05) is 24.8 Å². The Hall–Kier alpha value is -3.23. The van der Waals surface area contributed by atoms with Crippen LogP contribution in [0, 0.1) is 0 Å². The second-order valence-electron chi connectivity index (χ2n) is 7.56. The molecule has 3 rings (SSSR count). The summed E-state index contributed by atoms with van der Waals surface area (Å²) in [6.07, 6.45) is -2.67. The smallest absolute Gasteiger partial charge is 0.437 e. The maximum Gasteiger partial charge on any atom is 0.437 e. The number of hydrogen-bond acceptors (Lipinski definition) is 5. The van der Waals surface area contributed by atoms with Gasteiger partial charge < -0.3 is 19.3 Å². The van der Waals surface area contributed by atoms with E-state index in [1.165, 1.54) is 6.07 Å². The Morgan fingerprint density at radius 1 is 1.19 bits per heavy atom. The zero-order valence-electron chi connectivity index (χ0n) is 17.9. The molecule has 9 heteroatoms. The van der Waals surface area contributed by atoms with E-state index in [9.17, 15) is 18.0 Å². The van der Waals surface area contributed by atoms with Gasteiger partial charge in [-0.1, -0.05) is 30.6 Å². The molecule has 1 N–H and O–H groups in total. The van der Waals surface area contributed by atoms with E-state index in [4.69, 9.17) is 14.4 Å². The van der Waals surface area contributed by atoms with Gasteiger partial charge in [0.05, 0.1) is 18.4 Å². The van der Waals surface area contributed by atoms with Crippen molar-refractivity contribution in [2.75, 3.05) is 25.1 Å². The van der Waals surface area contributed by atoms with Crippen molar-refractivity contribution in [2.24, 2.45) is 0 Å². The lowest BCUT2D eigenvalue weighted by Crippen LogP contribution is -2.20. The topological polar surface area (TPSA) is 75.8 Å². The van der Waals surface area contributed by atoms with Crippen LogP contribution in [0.2, 0.25) is 0 Å². The van der Waals surface area contributed by atoms with Crippen LogP contribution < -0.4 is 9.64 Å². The molecule has 0 amide bonds. The molecule has 3 aromatic rings. The van der Waals surface area contributed by atoms with E-state index < -0.39 is 17.8 Å². The van der Waals surface area contributed by atoms with Crippen LogP contribution >= 0.6 is 0 Å². The Morgan fingerprint density at radius 3 is 2.53 bits per heavy atom. The van der Waals surface area contributed by atoms with Crippen molar-refractivity contribution < 1.29 is 32.3 Å². The second kappa shape index (κ2) is 9.93. The van der Waals surface area contributed by atoms with E-state index in [0.29, 0.717) is 37.3 Å². The van der Waals surface area contributed by atoms with Gasteiger partial charge in [-0.3, -0.25) is 4.79 Å². The molecule has 0 fully saturated rings. The van der Waals surface area contributed by atoms with E-state index in [1.54, 1.807) is 18.2 Å². The maximum atomic E-state index is 13.1. The summed E-state index contributed by atoms with van der Waals surface area (Å²) in [7, 11) is 1.92. The SMILES string of the molecule is CCCc1c(OCCCN(C)c2ccc(CC(=O)O)cc2)ccc2c(C(F)(F)F)noc12. The van der Waals surface area contributed by atoms with E-state index in [-0.39, 0.29) is 17.4 Å². The summed E-state index contributed by atoms with van der Waals surface area (Å²) in [5, 5.41) is 12.0. The minimum Gasteiger partial charge on any atom is -0.493 e. The number of benzene rings is 2. The average molecular weight is 450 g/mol. The minimum atomic E-state index is -4.58. The van der Waals surface area contributed by atoms with Crippen LogP contribution in [-0.4, -0.2) is 36.4 Å². The van der Waals surface area contributed by atoms with Crippen LogP contribution in [0.3, 0.4) is 0 Å². The van der Waals surface area contributed by atoms with Gasteiger partial charge in [0.15, 0.2) is 11.3 Å². The first-order valence-electron chi connectivity index (χ1n) is 10.3. The van der Waals surface area contributed by atoms with Gasteiger partial charge in [0.25, 0.3) is 0 Å². The highest BCUT2D eigenvalue weighted by Crippen LogP contribution is 2.38. The number of aryl methyl sites for hydroxylation is 1. The number of aliphatic carboxylic acids is 1. The van der Waals surface area contributed by atoms with Crippen molar-refractivity contribution in [1.82, 2.24) is 5.16 Å². The molecule has 0 spiro atoms. The van der Waals surface area contributed by atoms with E-state index in [2.05, 4.69) is 5.16 Å². The first-order chi connectivity index (χ1) is 15.2. The molecule has 0 unspecified atom stereocenters. The number of carbonyl (C=O) groups is 1. The lowest BCUT2D eigenvalue weighted by molar-refractivity contribution is -0.141. The van der Waals surface area contributed by atoms with Gasteiger partial charge in [-0.15, -0.1) is 0 Å². The van der Waals surface area contributed by atoms with Gasteiger partial charge in [0.1, 0.15) is 5.75 Å². The van der Waals surface area contributed by atoms with E-state index >= 15 is 0 Å². The van der Waals surface area contributed by atoms with Gasteiger partial charge in [-0.25, -0.2) is 0 Å². The van der Waals surface area contributed by atoms with Crippen LogP contribution in [0.25, 0.3) is 11.0 Å². The average Bonchev–Trinajstić information content (AvgIpc) is 3.17. The molecular weight excluding hydrogens is 425 g/mol. The summed E-state index contributed by atoms with van der Waals surface area (Å²) in [6, 6.07) is 10.2. The zero-order valence-corrected chi connectivity index (χ0v) is 17.9. The van der Waals surface area contributed by atoms with Gasteiger partial charge in [-0.2, -0.15) is 13.2 Å². The molecule has 0 aliphatic carbocycles. The maximum absolute atomic E-state index is 13.1. The number of fused-ring (bicyclic) bond motifs is 1. The van der Waals surface area contributed by atoms with Crippen molar-refractivity contribution in [1.29, 1.82) is 0 Å². The third-order valence-corrected chi connectivity index (χ3v) is 5.10. The number of rotatable bonds is 10. The fraction of sp³-hybridized carbons (Fsp3) is 0.391. The Labute approximate surface area is 183 Å². The Bertz CT molecular complexity index is 1060. The number of halogens is 3. The van der Waals surface area contributed by atoms with Gasteiger partial charge in [0.2, 0.25) is 0 Å². The molecule has 1 aromatic heterocycles. The number of carboxylic acid groups (broad SMARTS) is 1.